The molecule has 14 heavy (non-hydrogen) atoms. The van der Waals surface area contributed by atoms with Crippen LogP contribution in [-0.2, 0) is 9.59 Å². The molecule has 0 bridgehead atoms. The maximum Gasteiger partial charge on any atom is 1.00 e. The first-order valence-electron chi connectivity index (χ1n) is 3.92. The number of rotatable bonds is 7. The zero-order valence-corrected chi connectivity index (χ0v) is 10.3. The molecule has 78 valence electrons. The molecule has 0 aliphatic heterocycles. The van der Waals surface area contributed by atoms with E-state index in [4.69, 9.17) is 15.9 Å². The molecular weight excluding hydrogens is 199 g/mol. The monoisotopic (exact) mass is 214 g/mol. The molecule has 0 unspecified atom stereocenters. The number of carbonyl (C=O) groups is 2. The van der Waals surface area contributed by atoms with Crippen LogP contribution in [0.3, 0.4) is 0 Å². The van der Waals surface area contributed by atoms with Gasteiger partial charge in [0.25, 0.3) is 0 Å². The maximum atomic E-state index is 10.3. The van der Waals surface area contributed by atoms with Crippen molar-refractivity contribution in [2.45, 2.75) is 6.42 Å². The molecule has 6 nitrogen and oxygen atoms in total. The van der Waals surface area contributed by atoms with Crippen LogP contribution in [0.1, 0.15) is 7.85 Å². The van der Waals surface area contributed by atoms with Crippen molar-refractivity contribution in [2.75, 3.05) is 26.2 Å². The van der Waals surface area contributed by atoms with E-state index >= 15 is 0 Å². The fourth-order valence-electron chi connectivity index (χ4n) is 0.911. The van der Waals surface area contributed by atoms with Gasteiger partial charge in [0.15, 0.2) is 0 Å². The SMILES string of the molecule is NCCCN(CC(=O)O)CC(=O)O.[H-].[Na+]. The van der Waals surface area contributed by atoms with Gasteiger partial charge < -0.3 is 17.4 Å². The molecule has 0 spiro atoms. The minimum Gasteiger partial charge on any atom is -1.00 e. The van der Waals surface area contributed by atoms with Crippen LogP contribution in [0.5, 0.6) is 0 Å². The van der Waals surface area contributed by atoms with Crippen LogP contribution < -0.4 is 35.3 Å². The molecular formula is C7H15N2NaO4. The van der Waals surface area contributed by atoms with Crippen molar-refractivity contribution in [2.24, 2.45) is 5.73 Å². The Balaban J connectivity index is -0.000000720. The zero-order chi connectivity index (χ0) is 10.3. The van der Waals surface area contributed by atoms with Crippen LogP contribution in [0.15, 0.2) is 0 Å². The summed E-state index contributed by atoms with van der Waals surface area (Å²) in [6, 6.07) is 0. The molecule has 0 aromatic carbocycles. The first-order chi connectivity index (χ1) is 6.06. The summed E-state index contributed by atoms with van der Waals surface area (Å²) in [6.45, 7) is 0.309. The van der Waals surface area contributed by atoms with Gasteiger partial charge in [0.2, 0.25) is 0 Å². The van der Waals surface area contributed by atoms with Crippen LogP contribution in [0, 0.1) is 0 Å². The third-order valence-corrected chi connectivity index (χ3v) is 1.40. The van der Waals surface area contributed by atoms with Gasteiger partial charge in [-0.1, -0.05) is 0 Å². The number of carboxylic acids is 2. The maximum absolute atomic E-state index is 10.3. The molecule has 0 saturated heterocycles. The average Bonchev–Trinajstić information content (AvgIpc) is 1.98. The summed E-state index contributed by atoms with van der Waals surface area (Å²) < 4.78 is 0. The van der Waals surface area contributed by atoms with Gasteiger partial charge in [0, 0.05) is 6.54 Å². The minimum atomic E-state index is -1.03. The molecule has 7 heteroatoms. The Morgan fingerprint density at radius 1 is 1.21 bits per heavy atom. The Bertz CT molecular complexity index is 178. The van der Waals surface area contributed by atoms with E-state index in [1.165, 1.54) is 4.90 Å². The summed E-state index contributed by atoms with van der Waals surface area (Å²) in [5.74, 6) is -2.06. The van der Waals surface area contributed by atoms with Gasteiger partial charge in [-0.2, -0.15) is 0 Å². The van der Waals surface area contributed by atoms with Crippen molar-refractivity contribution >= 4 is 11.9 Å². The van der Waals surface area contributed by atoms with Crippen LogP contribution >= 0.6 is 0 Å². The molecule has 0 saturated carbocycles. The van der Waals surface area contributed by atoms with E-state index in [1.807, 2.05) is 0 Å². The van der Waals surface area contributed by atoms with Gasteiger partial charge in [0.05, 0.1) is 13.1 Å². The first kappa shape index (κ1) is 16.3. The van der Waals surface area contributed by atoms with E-state index in [9.17, 15) is 9.59 Å². The van der Waals surface area contributed by atoms with Gasteiger partial charge in [-0.25, -0.2) is 0 Å². The summed E-state index contributed by atoms with van der Waals surface area (Å²) in [7, 11) is 0. The van der Waals surface area contributed by atoms with E-state index in [2.05, 4.69) is 0 Å². The van der Waals surface area contributed by atoms with Crippen LogP contribution in [0.25, 0.3) is 0 Å². The van der Waals surface area contributed by atoms with Crippen molar-refractivity contribution in [1.82, 2.24) is 4.90 Å². The summed E-state index contributed by atoms with van der Waals surface area (Å²) in [6.07, 6.45) is 0.598. The molecule has 0 rings (SSSR count). The summed E-state index contributed by atoms with van der Waals surface area (Å²) >= 11 is 0. The summed E-state index contributed by atoms with van der Waals surface area (Å²) in [4.78, 5) is 21.9. The smallest absolute Gasteiger partial charge is 1.00 e. The number of nitrogens with zero attached hydrogens (tertiary/aromatic N) is 1. The Kier molecular flexibility index (Phi) is 11.0. The average molecular weight is 214 g/mol. The Hall–Kier alpha value is -0.140. The molecule has 0 fully saturated rings. The van der Waals surface area contributed by atoms with Gasteiger partial charge in [-0.15, -0.1) is 0 Å². The predicted molar refractivity (Wildman–Crippen MR) is 46.5 cm³/mol. The molecule has 0 aliphatic carbocycles. The van der Waals surface area contributed by atoms with Gasteiger partial charge in [-0.05, 0) is 13.0 Å². The van der Waals surface area contributed by atoms with Gasteiger partial charge in [0.1, 0.15) is 0 Å². The summed E-state index contributed by atoms with van der Waals surface area (Å²) in [5, 5.41) is 16.9. The third kappa shape index (κ3) is 9.94. The number of hydrogen-bond acceptors (Lipinski definition) is 4. The number of aliphatic carboxylic acids is 2. The van der Waals surface area contributed by atoms with E-state index < -0.39 is 11.9 Å². The standard InChI is InChI=1S/C7H14N2O4.Na.H/c8-2-1-3-9(4-6(10)11)5-7(12)13;;/h1-5,8H2,(H,10,11)(H,12,13);;/q;+1;-1. The molecule has 0 heterocycles. The third-order valence-electron chi connectivity index (χ3n) is 1.40. The second-order valence-electron chi connectivity index (χ2n) is 2.64. The van der Waals surface area contributed by atoms with Crippen LogP contribution in [0.2, 0.25) is 0 Å². The van der Waals surface area contributed by atoms with Crippen molar-refractivity contribution < 1.29 is 50.8 Å². The molecule has 0 amide bonds. The first-order valence-corrected chi connectivity index (χ1v) is 3.92. The topological polar surface area (TPSA) is 104 Å². The number of hydrogen-bond donors (Lipinski definition) is 3. The van der Waals surface area contributed by atoms with Gasteiger partial charge in [-0.3, -0.25) is 14.5 Å². The second-order valence-corrected chi connectivity index (χ2v) is 2.64. The van der Waals surface area contributed by atoms with Crippen LogP contribution in [0.4, 0.5) is 0 Å². The quantitative estimate of drug-likeness (QED) is 0.372. The number of carboxylic acid groups (broad SMARTS) is 2. The predicted octanol–water partition coefficient (Wildman–Crippen LogP) is -4.08. The van der Waals surface area contributed by atoms with E-state index in [0.717, 1.165) is 0 Å². The molecule has 0 atom stereocenters. The Morgan fingerprint density at radius 2 is 1.64 bits per heavy atom. The number of nitrogens with two attached hydrogens (primary N) is 1. The molecule has 0 aromatic rings. The molecule has 0 radical (unpaired) electrons. The fraction of sp³-hybridized carbons (Fsp3) is 0.714. The fourth-order valence-corrected chi connectivity index (χ4v) is 0.911. The van der Waals surface area contributed by atoms with Crippen LogP contribution in [-0.4, -0.2) is 53.2 Å². The van der Waals surface area contributed by atoms with Crippen molar-refractivity contribution in [3.8, 4) is 0 Å². The minimum absolute atomic E-state index is 0. The van der Waals surface area contributed by atoms with E-state index in [-0.39, 0.29) is 44.1 Å². The molecule has 0 aromatic heterocycles. The van der Waals surface area contributed by atoms with Gasteiger partial charge >= 0.3 is 41.5 Å². The second kappa shape index (κ2) is 9.42. The zero-order valence-electron chi connectivity index (χ0n) is 9.27. The molecule has 4 N–H and O–H groups in total. The largest absolute Gasteiger partial charge is 1.00 e. The normalized spacial score (nSPS) is 9.57. The van der Waals surface area contributed by atoms with Crippen molar-refractivity contribution in [3.05, 3.63) is 0 Å². The van der Waals surface area contributed by atoms with Crippen molar-refractivity contribution in [3.63, 3.8) is 0 Å². The van der Waals surface area contributed by atoms with Crippen molar-refractivity contribution in [1.29, 1.82) is 0 Å². The van der Waals surface area contributed by atoms with E-state index in [1.54, 1.807) is 0 Å². The molecule has 0 aliphatic rings. The Morgan fingerprint density at radius 3 is 1.93 bits per heavy atom. The summed E-state index contributed by atoms with van der Waals surface area (Å²) in [5.41, 5.74) is 5.22. The Labute approximate surface area is 106 Å². The van der Waals surface area contributed by atoms with E-state index in [0.29, 0.717) is 19.5 Å².